The van der Waals surface area contributed by atoms with E-state index in [1.54, 1.807) is 0 Å². The summed E-state index contributed by atoms with van der Waals surface area (Å²) in [5.74, 6) is 0.0255. The number of aromatic nitrogens is 4. The predicted octanol–water partition coefficient (Wildman–Crippen LogP) is 3.80. The van der Waals surface area contributed by atoms with Crippen LogP contribution in [0.1, 0.15) is 40.4 Å². The number of halogens is 2. The number of carbonyl (C=O) groups is 1. The van der Waals surface area contributed by atoms with Crippen molar-refractivity contribution < 1.29 is 4.79 Å². The number of aryl methyl sites for hydroxylation is 3. The lowest BCUT2D eigenvalue weighted by Crippen LogP contribution is -2.15. The average molecular weight is 465 g/mol. The van der Waals surface area contributed by atoms with Crippen molar-refractivity contribution in [1.29, 1.82) is 0 Å². The topological polar surface area (TPSA) is 52.7 Å². The first kappa shape index (κ1) is 16.7. The van der Waals surface area contributed by atoms with E-state index < -0.39 is 0 Å². The van der Waals surface area contributed by atoms with Crippen LogP contribution in [0, 0.1) is 31.3 Å². The Balaban J connectivity index is 1.98. The van der Waals surface area contributed by atoms with Gasteiger partial charge in [-0.05, 0) is 72.6 Å². The molecular weight excluding hydrogens is 447 g/mol. The van der Waals surface area contributed by atoms with Gasteiger partial charge in [0, 0.05) is 18.7 Å². The third kappa shape index (κ3) is 3.39. The van der Waals surface area contributed by atoms with Gasteiger partial charge in [0.2, 0.25) is 5.91 Å². The zero-order valence-corrected chi connectivity index (χ0v) is 16.3. The van der Waals surface area contributed by atoms with Crippen LogP contribution in [0.25, 0.3) is 0 Å². The van der Waals surface area contributed by atoms with Crippen molar-refractivity contribution in [1.82, 2.24) is 19.6 Å². The molecule has 2 heterocycles. The summed E-state index contributed by atoms with van der Waals surface area (Å²) in [6.07, 6.45) is 1.22. The van der Waals surface area contributed by atoms with Crippen LogP contribution in [-0.4, -0.2) is 25.5 Å². The summed E-state index contributed by atoms with van der Waals surface area (Å²) in [7, 11) is 0. The lowest BCUT2D eigenvalue weighted by Gasteiger charge is -2.05. The van der Waals surface area contributed by atoms with Gasteiger partial charge in [-0.15, -0.1) is 0 Å². The van der Waals surface area contributed by atoms with Crippen LogP contribution in [0.15, 0.2) is 4.47 Å². The van der Waals surface area contributed by atoms with E-state index in [2.05, 4.69) is 55.6 Å². The van der Waals surface area contributed by atoms with Crippen LogP contribution < -0.4 is 0 Å². The van der Waals surface area contributed by atoms with Crippen LogP contribution in [0.4, 0.5) is 0 Å². The molecular formula is C14H18BrIN4O. The first-order valence-electron chi connectivity index (χ1n) is 6.77. The van der Waals surface area contributed by atoms with Crippen LogP contribution in [-0.2, 0) is 6.54 Å². The molecule has 21 heavy (non-hydrogen) atoms. The molecule has 0 bridgehead atoms. The zero-order valence-electron chi connectivity index (χ0n) is 12.6. The van der Waals surface area contributed by atoms with Crippen molar-refractivity contribution in [2.75, 3.05) is 0 Å². The second-order valence-electron chi connectivity index (χ2n) is 5.10. The SMILES string of the molecule is Cc1nn(C(=O)CCCn2nc(C)c(I)c2C)c(C)c1Br. The third-order valence-electron chi connectivity index (χ3n) is 3.49. The number of hydrogen-bond acceptors (Lipinski definition) is 3. The molecule has 2 rings (SSSR count). The molecule has 0 spiro atoms. The van der Waals surface area contributed by atoms with Gasteiger partial charge in [-0.1, -0.05) is 0 Å². The van der Waals surface area contributed by atoms with Gasteiger partial charge in [-0.3, -0.25) is 9.48 Å². The largest absolute Gasteiger partial charge is 0.273 e. The maximum absolute atomic E-state index is 12.2. The lowest BCUT2D eigenvalue weighted by molar-refractivity contribution is 0.0879. The standard InChI is InChI=1S/C14H18BrIN4O/c1-8-13(15)10(3)20(18-8)12(21)6-5-7-19-11(4)14(16)9(2)17-19/h5-7H2,1-4H3. The molecule has 2 aromatic rings. The summed E-state index contributed by atoms with van der Waals surface area (Å²) in [5.41, 5.74) is 3.91. The van der Waals surface area contributed by atoms with Crippen LogP contribution >= 0.6 is 38.5 Å². The molecule has 0 amide bonds. The average Bonchev–Trinajstić information content (AvgIpc) is 2.84. The highest BCUT2D eigenvalue weighted by Gasteiger charge is 2.15. The van der Waals surface area contributed by atoms with Crippen molar-refractivity contribution in [2.24, 2.45) is 0 Å². The van der Waals surface area contributed by atoms with Gasteiger partial charge < -0.3 is 0 Å². The van der Waals surface area contributed by atoms with E-state index in [1.165, 1.54) is 8.25 Å². The molecule has 7 heteroatoms. The molecule has 0 atom stereocenters. The molecule has 114 valence electrons. The van der Waals surface area contributed by atoms with Gasteiger partial charge in [0.05, 0.1) is 25.1 Å². The van der Waals surface area contributed by atoms with Crippen LogP contribution in [0.5, 0.6) is 0 Å². The van der Waals surface area contributed by atoms with Crippen molar-refractivity contribution in [2.45, 2.75) is 47.1 Å². The Morgan fingerprint density at radius 2 is 1.81 bits per heavy atom. The van der Waals surface area contributed by atoms with Crippen molar-refractivity contribution in [3.8, 4) is 0 Å². The zero-order chi connectivity index (χ0) is 15.7. The maximum atomic E-state index is 12.2. The highest BCUT2D eigenvalue weighted by molar-refractivity contribution is 14.1. The minimum absolute atomic E-state index is 0.0255. The van der Waals surface area contributed by atoms with E-state index in [1.807, 2.05) is 25.5 Å². The van der Waals surface area contributed by atoms with Gasteiger partial charge in [0.1, 0.15) is 0 Å². The van der Waals surface area contributed by atoms with Crippen LogP contribution in [0.3, 0.4) is 0 Å². The molecule has 0 aliphatic heterocycles. The minimum atomic E-state index is 0.0255. The van der Waals surface area contributed by atoms with E-state index in [4.69, 9.17) is 0 Å². The van der Waals surface area contributed by atoms with Gasteiger partial charge in [0.15, 0.2) is 0 Å². The minimum Gasteiger partial charge on any atom is -0.273 e. The highest BCUT2D eigenvalue weighted by Crippen LogP contribution is 2.20. The Bertz CT molecular complexity index is 690. The van der Waals surface area contributed by atoms with E-state index in [9.17, 15) is 4.79 Å². The smallest absolute Gasteiger partial charge is 0.247 e. The summed E-state index contributed by atoms with van der Waals surface area (Å²) in [4.78, 5) is 12.2. The monoisotopic (exact) mass is 464 g/mol. The predicted molar refractivity (Wildman–Crippen MR) is 93.7 cm³/mol. The van der Waals surface area contributed by atoms with Gasteiger partial charge in [-0.2, -0.15) is 10.2 Å². The summed E-state index contributed by atoms with van der Waals surface area (Å²) in [6, 6.07) is 0. The molecule has 0 saturated heterocycles. The molecule has 0 aliphatic rings. The fourth-order valence-corrected chi connectivity index (χ4v) is 2.88. The number of hydrogen-bond donors (Lipinski definition) is 0. The Hall–Kier alpha value is -0.700. The molecule has 0 unspecified atom stereocenters. The molecule has 0 fully saturated rings. The Labute approximate surface area is 146 Å². The number of carbonyl (C=O) groups excluding carboxylic acids is 1. The van der Waals surface area contributed by atoms with Crippen molar-refractivity contribution >= 4 is 44.4 Å². The fraction of sp³-hybridized carbons (Fsp3) is 0.500. The van der Waals surface area contributed by atoms with E-state index in [-0.39, 0.29) is 5.91 Å². The lowest BCUT2D eigenvalue weighted by atomic mass is 10.3. The molecule has 0 aromatic carbocycles. The second-order valence-corrected chi connectivity index (χ2v) is 6.97. The summed E-state index contributed by atoms with van der Waals surface area (Å²) < 4.78 is 5.57. The van der Waals surface area contributed by atoms with Gasteiger partial charge in [0.25, 0.3) is 0 Å². The summed E-state index contributed by atoms with van der Waals surface area (Å²) >= 11 is 5.75. The fourth-order valence-electron chi connectivity index (χ4n) is 2.25. The molecule has 5 nitrogen and oxygen atoms in total. The Kier molecular flexibility index (Phi) is 5.24. The van der Waals surface area contributed by atoms with E-state index in [0.29, 0.717) is 6.42 Å². The molecule has 0 N–H and O–H groups in total. The van der Waals surface area contributed by atoms with Crippen LogP contribution in [0.2, 0.25) is 0 Å². The first-order valence-corrected chi connectivity index (χ1v) is 8.64. The molecule has 0 saturated carbocycles. The maximum Gasteiger partial charge on any atom is 0.247 e. The summed E-state index contributed by atoms with van der Waals surface area (Å²) in [6.45, 7) is 8.59. The van der Waals surface area contributed by atoms with Crippen molar-refractivity contribution in [3.05, 3.63) is 30.8 Å². The molecule has 2 aromatic heterocycles. The van der Waals surface area contributed by atoms with Gasteiger partial charge in [-0.25, -0.2) is 4.68 Å². The number of nitrogens with zero attached hydrogens (tertiary/aromatic N) is 4. The number of rotatable bonds is 4. The summed E-state index contributed by atoms with van der Waals surface area (Å²) in [5, 5.41) is 8.75. The normalized spacial score (nSPS) is 11.1. The second kappa shape index (κ2) is 6.60. The first-order chi connectivity index (χ1) is 9.82. The van der Waals surface area contributed by atoms with E-state index >= 15 is 0 Å². The Morgan fingerprint density at radius 3 is 2.29 bits per heavy atom. The molecule has 0 radical (unpaired) electrons. The molecule has 0 aliphatic carbocycles. The van der Waals surface area contributed by atoms with E-state index in [0.717, 1.165) is 40.2 Å². The quantitative estimate of drug-likeness (QED) is 0.646. The highest BCUT2D eigenvalue weighted by atomic mass is 127. The third-order valence-corrected chi connectivity index (χ3v) is 6.20. The Morgan fingerprint density at radius 1 is 1.14 bits per heavy atom. The van der Waals surface area contributed by atoms with Gasteiger partial charge >= 0.3 is 0 Å². The van der Waals surface area contributed by atoms with Crippen molar-refractivity contribution in [3.63, 3.8) is 0 Å².